The molecule has 5 nitrogen and oxygen atoms in total. The molecule has 0 fully saturated rings. The van der Waals surface area contributed by atoms with Gasteiger partial charge in [-0.25, -0.2) is 0 Å². The van der Waals surface area contributed by atoms with Gasteiger partial charge >= 0.3 is 0 Å². The highest BCUT2D eigenvalue weighted by atomic mass is 79.9. The van der Waals surface area contributed by atoms with E-state index < -0.39 is 0 Å². The van der Waals surface area contributed by atoms with Crippen molar-refractivity contribution in [1.29, 1.82) is 5.26 Å². The Morgan fingerprint density at radius 1 is 1.56 bits per heavy atom. The first-order chi connectivity index (χ1) is 8.61. The maximum Gasteiger partial charge on any atom is 0.257 e. The van der Waals surface area contributed by atoms with Crippen molar-refractivity contribution in [3.8, 4) is 6.07 Å². The molecule has 6 heteroatoms. The summed E-state index contributed by atoms with van der Waals surface area (Å²) in [6.07, 6.45) is 1.36. The van der Waals surface area contributed by atoms with Gasteiger partial charge in [-0.2, -0.15) is 10.4 Å². The first-order valence-electron chi connectivity index (χ1n) is 5.13. The van der Waals surface area contributed by atoms with Crippen molar-refractivity contribution in [2.75, 3.05) is 5.32 Å². The molecule has 1 aromatic heterocycles. The number of halogens is 1. The molecule has 0 atom stereocenters. The van der Waals surface area contributed by atoms with E-state index in [-0.39, 0.29) is 5.91 Å². The number of anilines is 1. The third kappa shape index (κ3) is 2.41. The third-order valence-electron chi connectivity index (χ3n) is 2.36. The third-order valence-corrected chi connectivity index (χ3v) is 3.06. The summed E-state index contributed by atoms with van der Waals surface area (Å²) in [5, 5.41) is 17.7. The zero-order valence-electron chi connectivity index (χ0n) is 9.49. The average Bonchev–Trinajstić information content (AvgIpc) is 2.79. The van der Waals surface area contributed by atoms with Gasteiger partial charge in [-0.15, -0.1) is 0 Å². The van der Waals surface area contributed by atoms with Crippen molar-refractivity contribution >= 4 is 27.7 Å². The van der Waals surface area contributed by atoms with E-state index in [0.29, 0.717) is 21.4 Å². The van der Waals surface area contributed by atoms with Crippen molar-refractivity contribution in [2.45, 2.75) is 6.92 Å². The normalized spacial score (nSPS) is 9.83. The number of nitriles is 1. The molecule has 0 unspecified atom stereocenters. The molecule has 0 saturated heterocycles. The number of H-pyrrole nitrogens is 1. The number of carbonyl (C=O) groups excluding carboxylic acids is 1. The van der Waals surface area contributed by atoms with E-state index in [2.05, 4.69) is 31.4 Å². The number of carbonyl (C=O) groups is 1. The molecule has 1 amide bonds. The smallest absolute Gasteiger partial charge is 0.257 e. The monoisotopic (exact) mass is 304 g/mol. The highest BCUT2D eigenvalue weighted by molar-refractivity contribution is 9.10. The lowest BCUT2D eigenvalue weighted by atomic mass is 10.1. The maximum atomic E-state index is 12.1. The van der Waals surface area contributed by atoms with E-state index in [4.69, 9.17) is 5.26 Å². The lowest BCUT2D eigenvalue weighted by molar-refractivity contribution is 0.102. The summed E-state index contributed by atoms with van der Waals surface area (Å²) in [5.41, 5.74) is 1.79. The van der Waals surface area contributed by atoms with E-state index in [1.165, 1.54) is 6.20 Å². The Morgan fingerprint density at radius 3 is 3.06 bits per heavy atom. The van der Waals surface area contributed by atoms with E-state index >= 15 is 0 Å². The fourth-order valence-corrected chi connectivity index (χ4v) is 1.89. The van der Waals surface area contributed by atoms with Crippen LogP contribution in [0.4, 0.5) is 5.82 Å². The fraction of sp³-hybridized carbons (Fsp3) is 0.0833. The van der Waals surface area contributed by atoms with Crippen LogP contribution < -0.4 is 5.32 Å². The van der Waals surface area contributed by atoms with Crippen LogP contribution in [0.5, 0.6) is 0 Å². The zero-order chi connectivity index (χ0) is 13.1. The van der Waals surface area contributed by atoms with Crippen molar-refractivity contribution in [3.63, 3.8) is 0 Å². The number of aryl methyl sites for hydroxylation is 1. The van der Waals surface area contributed by atoms with E-state index in [9.17, 15) is 4.79 Å². The van der Waals surface area contributed by atoms with Crippen LogP contribution >= 0.6 is 15.9 Å². The van der Waals surface area contributed by atoms with Crippen molar-refractivity contribution in [1.82, 2.24) is 10.2 Å². The maximum absolute atomic E-state index is 12.1. The number of aromatic amines is 1. The van der Waals surface area contributed by atoms with E-state index in [0.717, 1.165) is 5.56 Å². The predicted octanol–water partition coefficient (Wildman–Crippen LogP) is 2.60. The Hall–Kier alpha value is -2.13. The summed E-state index contributed by atoms with van der Waals surface area (Å²) in [7, 11) is 0. The molecule has 2 aromatic rings. The summed E-state index contributed by atoms with van der Waals surface area (Å²) >= 11 is 3.32. The highest BCUT2D eigenvalue weighted by Crippen LogP contribution is 2.20. The minimum Gasteiger partial charge on any atom is -0.306 e. The Morgan fingerprint density at radius 2 is 2.33 bits per heavy atom. The van der Waals surface area contributed by atoms with Crippen LogP contribution in [0.3, 0.4) is 0 Å². The van der Waals surface area contributed by atoms with Gasteiger partial charge in [0.05, 0.1) is 11.8 Å². The van der Waals surface area contributed by atoms with Gasteiger partial charge in [-0.1, -0.05) is 11.6 Å². The second-order valence-corrected chi connectivity index (χ2v) is 4.56. The molecule has 0 saturated carbocycles. The zero-order valence-corrected chi connectivity index (χ0v) is 11.1. The predicted molar refractivity (Wildman–Crippen MR) is 70.1 cm³/mol. The quantitative estimate of drug-likeness (QED) is 0.894. The van der Waals surface area contributed by atoms with Gasteiger partial charge in [0.1, 0.15) is 17.5 Å². The highest BCUT2D eigenvalue weighted by Gasteiger charge is 2.13. The van der Waals surface area contributed by atoms with Crippen molar-refractivity contribution in [2.24, 2.45) is 0 Å². The summed E-state index contributed by atoms with van der Waals surface area (Å²) < 4.78 is 0.698. The Kier molecular flexibility index (Phi) is 3.44. The second kappa shape index (κ2) is 5.02. The van der Waals surface area contributed by atoms with Crippen LogP contribution in [-0.4, -0.2) is 16.1 Å². The molecule has 90 valence electrons. The molecule has 0 aliphatic carbocycles. The van der Waals surface area contributed by atoms with Gasteiger partial charge in [-0.05, 0) is 35.0 Å². The van der Waals surface area contributed by atoms with Crippen LogP contribution in [-0.2, 0) is 0 Å². The van der Waals surface area contributed by atoms with Gasteiger partial charge < -0.3 is 5.32 Å². The molecular weight excluding hydrogens is 296 g/mol. The summed E-state index contributed by atoms with van der Waals surface area (Å²) in [4.78, 5) is 12.1. The van der Waals surface area contributed by atoms with Gasteiger partial charge in [0.2, 0.25) is 0 Å². The Balaban J connectivity index is 2.28. The molecule has 0 spiro atoms. The lowest BCUT2D eigenvalue weighted by Gasteiger charge is -2.06. The molecule has 1 aromatic carbocycles. The van der Waals surface area contributed by atoms with Crippen LogP contribution in [0.1, 0.15) is 21.5 Å². The molecule has 2 rings (SSSR count). The van der Waals surface area contributed by atoms with Gasteiger partial charge in [0, 0.05) is 4.47 Å². The largest absolute Gasteiger partial charge is 0.306 e. The van der Waals surface area contributed by atoms with Gasteiger partial charge in [0.15, 0.2) is 0 Å². The molecule has 0 bridgehead atoms. The lowest BCUT2D eigenvalue weighted by Crippen LogP contribution is -2.13. The molecule has 18 heavy (non-hydrogen) atoms. The molecule has 0 aliphatic rings. The molecule has 0 radical (unpaired) electrons. The summed E-state index contributed by atoms with van der Waals surface area (Å²) in [6, 6.07) is 7.41. The van der Waals surface area contributed by atoms with Crippen LogP contribution in [0, 0.1) is 18.3 Å². The van der Waals surface area contributed by atoms with E-state index in [1.54, 1.807) is 6.07 Å². The number of hydrogen-bond donors (Lipinski definition) is 2. The van der Waals surface area contributed by atoms with Crippen LogP contribution in [0.2, 0.25) is 0 Å². The molecule has 0 aliphatic heterocycles. The van der Waals surface area contributed by atoms with Gasteiger partial charge in [0.25, 0.3) is 5.91 Å². The van der Waals surface area contributed by atoms with E-state index in [1.807, 2.05) is 25.1 Å². The number of nitrogens with zero attached hydrogens (tertiary/aromatic N) is 2. The summed E-state index contributed by atoms with van der Waals surface area (Å²) in [6.45, 7) is 1.90. The van der Waals surface area contributed by atoms with Crippen molar-refractivity contribution in [3.05, 3.63) is 45.6 Å². The summed E-state index contributed by atoms with van der Waals surface area (Å²) in [5.74, 6) is 0.00207. The minimum absolute atomic E-state index is 0.298. The number of hydrogen-bond acceptors (Lipinski definition) is 3. The number of aromatic nitrogens is 2. The number of amides is 1. The number of benzene rings is 1. The molecule has 2 N–H and O–H groups in total. The standard InChI is InChI=1S/C12H9BrN4O/c1-7-2-3-10(13)9(4-7)12(18)16-11-8(5-14)6-15-17-11/h2-4,6H,1H3,(H2,15,16,17,18). The molecular formula is C12H9BrN4O. The fourth-order valence-electron chi connectivity index (χ4n) is 1.46. The van der Waals surface area contributed by atoms with Gasteiger partial charge in [-0.3, -0.25) is 9.89 Å². The number of rotatable bonds is 2. The topological polar surface area (TPSA) is 81.6 Å². The first-order valence-corrected chi connectivity index (χ1v) is 5.92. The SMILES string of the molecule is Cc1ccc(Br)c(C(=O)Nc2[nH]ncc2C#N)c1. The minimum atomic E-state index is -0.300. The first kappa shape index (κ1) is 12.3. The van der Waals surface area contributed by atoms with Crippen molar-refractivity contribution < 1.29 is 4.79 Å². The second-order valence-electron chi connectivity index (χ2n) is 3.71. The molecule has 1 heterocycles. The Bertz CT molecular complexity index is 642. The Labute approximate surface area is 112 Å². The van der Waals surface area contributed by atoms with Crippen LogP contribution in [0.15, 0.2) is 28.9 Å². The van der Waals surface area contributed by atoms with Crippen LogP contribution in [0.25, 0.3) is 0 Å². The average molecular weight is 305 g/mol. The number of nitrogens with one attached hydrogen (secondary N) is 2.